The molecule has 13 heteroatoms. The number of hydrogen-bond acceptors (Lipinski definition) is 7. The molecule has 4 saturated carbocycles. The quantitative estimate of drug-likeness (QED) is 0.306. The van der Waals surface area contributed by atoms with Gasteiger partial charge in [0.2, 0.25) is 0 Å². The molecule has 222 valence electrons. The van der Waals surface area contributed by atoms with Crippen LogP contribution in [0.1, 0.15) is 67.0 Å². The molecule has 0 atom stereocenters. The third kappa shape index (κ3) is 5.36. The van der Waals surface area contributed by atoms with Crippen LogP contribution in [0.15, 0.2) is 35.5 Å². The van der Waals surface area contributed by atoms with Gasteiger partial charge >= 0.3 is 5.51 Å². The van der Waals surface area contributed by atoms with Crippen LogP contribution in [0.5, 0.6) is 0 Å². The SMILES string of the molecule is O=C(NCC#Cc1nn2c(NC34CCCC(N5CCOCC5)(C3)C4)cccc2c1SC(F)(F)F)c1cnn(C2CC2)c1. The van der Waals surface area contributed by atoms with Gasteiger partial charge in [-0.1, -0.05) is 12.0 Å². The Labute approximate surface area is 245 Å². The molecule has 3 aromatic rings. The number of anilines is 1. The molecule has 4 heterocycles. The van der Waals surface area contributed by atoms with Gasteiger partial charge in [0, 0.05) is 30.4 Å². The molecule has 5 aliphatic rings. The van der Waals surface area contributed by atoms with Gasteiger partial charge in [-0.2, -0.15) is 23.4 Å². The predicted octanol–water partition coefficient (Wildman–Crippen LogP) is 4.46. The number of fused-ring (bicyclic) bond motifs is 3. The summed E-state index contributed by atoms with van der Waals surface area (Å²) in [5.74, 6) is 5.89. The van der Waals surface area contributed by atoms with Crippen molar-refractivity contribution >= 4 is 29.0 Å². The van der Waals surface area contributed by atoms with Gasteiger partial charge in [0.15, 0.2) is 0 Å². The summed E-state index contributed by atoms with van der Waals surface area (Å²) in [7, 11) is 0. The summed E-state index contributed by atoms with van der Waals surface area (Å²) in [5.41, 5.74) is -3.66. The number of alkyl halides is 3. The zero-order valence-electron chi connectivity index (χ0n) is 23.0. The molecule has 1 aliphatic heterocycles. The van der Waals surface area contributed by atoms with E-state index < -0.39 is 5.51 Å². The summed E-state index contributed by atoms with van der Waals surface area (Å²) in [6.45, 7) is 3.36. The molecule has 8 rings (SSSR count). The van der Waals surface area contributed by atoms with E-state index in [4.69, 9.17) is 4.74 Å². The lowest BCUT2D eigenvalue weighted by molar-refractivity contribution is -0.107. The first kappa shape index (κ1) is 27.6. The van der Waals surface area contributed by atoms with Gasteiger partial charge in [0.05, 0.1) is 48.0 Å². The molecule has 4 aliphatic carbocycles. The Morgan fingerprint density at radius 2 is 2.00 bits per heavy atom. The molecule has 3 aromatic heterocycles. The number of ether oxygens (including phenoxy) is 1. The van der Waals surface area contributed by atoms with E-state index in [2.05, 4.69) is 37.6 Å². The Kier molecular flexibility index (Phi) is 6.90. The number of thioether (sulfide) groups is 1. The lowest BCUT2D eigenvalue weighted by Gasteiger charge is -2.65. The smallest absolute Gasteiger partial charge is 0.379 e. The molecule has 2 bridgehead atoms. The number of aromatic nitrogens is 4. The van der Waals surface area contributed by atoms with Crippen molar-refractivity contribution in [3.63, 3.8) is 0 Å². The van der Waals surface area contributed by atoms with Crippen LogP contribution in [0.25, 0.3) is 5.52 Å². The van der Waals surface area contributed by atoms with Gasteiger partial charge in [-0.3, -0.25) is 14.4 Å². The summed E-state index contributed by atoms with van der Waals surface area (Å²) in [5, 5.41) is 15.1. The third-order valence-corrected chi connectivity index (χ3v) is 9.70. The van der Waals surface area contributed by atoms with Crippen molar-refractivity contribution in [2.45, 2.75) is 72.5 Å². The first-order valence-electron chi connectivity index (χ1n) is 14.4. The average Bonchev–Trinajstić information content (AvgIpc) is 3.59. The van der Waals surface area contributed by atoms with Gasteiger partial charge in [0.25, 0.3) is 5.91 Å². The third-order valence-electron chi connectivity index (χ3n) is 8.87. The number of halogens is 3. The minimum atomic E-state index is -4.51. The topological polar surface area (TPSA) is 88.7 Å². The molecule has 42 heavy (non-hydrogen) atoms. The van der Waals surface area contributed by atoms with E-state index in [1.54, 1.807) is 27.5 Å². The van der Waals surface area contributed by atoms with E-state index >= 15 is 0 Å². The largest absolute Gasteiger partial charge is 0.446 e. The first-order chi connectivity index (χ1) is 20.2. The summed E-state index contributed by atoms with van der Waals surface area (Å²) in [6.07, 6.45) is 10.6. The van der Waals surface area contributed by atoms with E-state index in [1.807, 2.05) is 6.07 Å². The summed E-state index contributed by atoms with van der Waals surface area (Å²) < 4.78 is 49.7. The van der Waals surface area contributed by atoms with Crippen molar-refractivity contribution in [1.82, 2.24) is 29.6 Å². The van der Waals surface area contributed by atoms with Crippen LogP contribution in [0, 0.1) is 11.8 Å². The Bertz CT molecular complexity index is 1560. The van der Waals surface area contributed by atoms with Gasteiger partial charge in [-0.05, 0) is 74.8 Å². The maximum atomic E-state index is 13.6. The molecule has 0 radical (unpaired) electrons. The average molecular weight is 600 g/mol. The van der Waals surface area contributed by atoms with E-state index in [1.165, 1.54) is 6.20 Å². The number of carbonyl (C=O) groups is 1. The molecule has 9 nitrogen and oxygen atoms in total. The molecule has 0 spiro atoms. The van der Waals surface area contributed by atoms with Crippen LogP contribution in [-0.4, -0.2) is 79.6 Å². The van der Waals surface area contributed by atoms with Crippen LogP contribution in [0.3, 0.4) is 0 Å². The Morgan fingerprint density at radius 1 is 1.19 bits per heavy atom. The van der Waals surface area contributed by atoms with Crippen molar-refractivity contribution in [3.05, 3.63) is 41.9 Å². The van der Waals surface area contributed by atoms with Crippen LogP contribution >= 0.6 is 11.8 Å². The summed E-state index contributed by atoms with van der Waals surface area (Å²) in [4.78, 5) is 15.0. The highest BCUT2D eigenvalue weighted by molar-refractivity contribution is 8.00. The van der Waals surface area contributed by atoms with E-state index in [0.29, 0.717) is 22.9 Å². The Hall–Kier alpha value is -3.21. The van der Waals surface area contributed by atoms with Crippen molar-refractivity contribution in [2.75, 3.05) is 38.2 Å². The molecule has 1 saturated heterocycles. The minimum absolute atomic E-state index is 0.0276. The molecule has 5 fully saturated rings. The second-order valence-corrected chi connectivity index (χ2v) is 12.9. The number of nitrogens with zero attached hydrogens (tertiary/aromatic N) is 5. The minimum Gasteiger partial charge on any atom is -0.379 e. The van der Waals surface area contributed by atoms with Crippen molar-refractivity contribution in [2.24, 2.45) is 0 Å². The fourth-order valence-electron chi connectivity index (χ4n) is 6.95. The molecular formula is C29H32F3N7O2S. The molecule has 1 amide bonds. The maximum absolute atomic E-state index is 13.6. The van der Waals surface area contributed by atoms with E-state index in [-0.39, 0.29) is 45.9 Å². The first-order valence-corrected chi connectivity index (χ1v) is 15.2. The lowest BCUT2D eigenvalue weighted by Crippen LogP contribution is -2.71. The van der Waals surface area contributed by atoms with Crippen LogP contribution in [0.2, 0.25) is 0 Å². The second-order valence-electron chi connectivity index (χ2n) is 11.8. The monoisotopic (exact) mass is 599 g/mol. The van der Waals surface area contributed by atoms with Gasteiger partial charge in [0.1, 0.15) is 11.5 Å². The Morgan fingerprint density at radius 3 is 2.76 bits per heavy atom. The van der Waals surface area contributed by atoms with E-state index in [0.717, 1.165) is 71.2 Å². The highest BCUT2D eigenvalue weighted by Crippen LogP contribution is 2.56. The van der Waals surface area contributed by atoms with Crippen molar-refractivity contribution in [1.29, 1.82) is 0 Å². The highest BCUT2D eigenvalue weighted by Gasteiger charge is 2.60. The van der Waals surface area contributed by atoms with Gasteiger partial charge in [-0.25, -0.2) is 4.52 Å². The van der Waals surface area contributed by atoms with E-state index in [9.17, 15) is 18.0 Å². The molecule has 0 unspecified atom stereocenters. The van der Waals surface area contributed by atoms with Gasteiger partial charge < -0.3 is 15.4 Å². The van der Waals surface area contributed by atoms with Crippen LogP contribution in [0.4, 0.5) is 19.0 Å². The van der Waals surface area contributed by atoms with Crippen LogP contribution < -0.4 is 10.6 Å². The number of hydrogen-bond donors (Lipinski definition) is 2. The Balaban J connectivity index is 1.10. The molecule has 2 N–H and O–H groups in total. The number of pyridine rings is 1. The maximum Gasteiger partial charge on any atom is 0.446 e. The highest BCUT2D eigenvalue weighted by atomic mass is 32.2. The number of carbonyl (C=O) groups excluding carboxylic acids is 1. The van der Waals surface area contributed by atoms with Gasteiger partial charge in [-0.15, -0.1) is 0 Å². The normalized spacial score (nSPS) is 25.9. The van der Waals surface area contributed by atoms with Crippen molar-refractivity contribution in [3.8, 4) is 11.8 Å². The predicted molar refractivity (Wildman–Crippen MR) is 151 cm³/mol. The fourth-order valence-corrected chi connectivity index (χ4v) is 7.63. The molecular weight excluding hydrogens is 567 g/mol. The molecule has 0 aromatic carbocycles. The fraction of sp³-hybridized carbons (Fsp3) is 0.552. The standard InChI is InChI=1S/C29H32F3N7O2S/c30-29(31,32)42-25-22(4-2-11-33-26(40)20-16-34-38(17-20)21-7-8-21)36-39-23(25)5-1-6-24(39)35-27-9-3-10-28(18-27,19-27)37-12-14-41-15-13-37/h1,5-6,16-17,21,35H,3,7-15,18-19H2,(H,33,40). The number of morpholine rings is 1. The second kappa shape index (κ2) is 10.5. The number of nitrogens with one attached hydrogen (secondary N) is 2. The lowest BCUT2D eigenvalue weighted by atomic mass is 9.53. The summed E-state index contributed by atoms with van der Waals surface area (Å²) >= 11 is -0.213. The zero-order valence-corrected chi connectivity index (χ0v) is 23.9. The van der Waals surface area contributed by atoms with Crippen molar-refractivity contribution < 1.29 is 22.7 Å². The zero-order chi connectivity index (χ0) is 29.0. The number of amides is 1. The van der Waals surface area contributed by atoms with Crippen LogP contribution in [-0.2, 0) is 4.74 Å². The number of rotatable bonds is 7. The summed E-state index contributed by atoms with van der Waals surface area (Å²) in [6, 6.07) is 5.61.